The first-order valence-electron chi connectivity index (χ1n) is 9.11. The minimum absolute atomic E-state index is 0.108. The van der Waals surface area contributed by atoms with Crippen LogP contribution in [0.5, 0.6) is 17.2 Å². The van der Waals surface area contributed by atoms with Crippen LogP contribution in [0, 0.1) is 10.1 Å². The van der Waals surface area contributed by atoms with E-state index < -0.39 is 11.0 Å². The van der Waals surface area contributed by atoms with E-state index in [1.807, 2.05) is 30.1 Å². The highest BCUT2D eigenvalue weighted by molar-refractivity contribution is 5.96. The van der Waals surface area contributed by atoms with E-state index in [1.54, 1.807) is 6.92 Å². The maximum atomic E-state index is 12.7. The lowest BCUT2D eigenvalue weighted by Crippen LogP contribution is -2.39. The SMILES string of the molecule is COc1cc([N+](=O)[O-])ccc1NC(=O)[C@@H](C)N(C)Cc1ccc2c(c1)OCCO2. The Morgan fingerprint density at radius 1 is 1.24 bits per heavy atom. The number of nitro groups is 1. The monoisotopic (exact) mass is 401 g/mol. The summed E-state index contributed by atoms with van der Waals surface area (Å²) in [7, 11) is 3.24. The second-order valence-electron chi connectivity index (χ2n) is 6.70. The number of fused-ring (bicyclic) bond motifs is 1. The van der Waals surface area contributed by atoms with Gasteiger partial charge in [0, 0.05) is 12.6 Å². The van der Waals surface area contributed by atoms with Crippen LogP contribution in [0.25, 0.3) is 0 Å². The lowest BCUT2D eigenvalue weighted by Gasteiger charge is -2.25. The lowest BCUT2D eigenvalue weighted by atomic mass is 10.1. The third kappa shape index (κ3) is 4.75. The van der Waals surface area contributed by atoms with Gasteiger partial charge in [-0.05, 0) is 37.7 Å². The maximum Gasteiger partial charge on any atom is 0.273 e. The number of hydrogen-bond acceptors (Lipinski definition) is 7. The number of carbonyl (C=O) groups excluding carboxylic acids is 1. The molecule has 1 aliphatic rings. The van der Waals surface area contributed by atoms with Crippen molar-refractivity contribution in [3.63, 3.8) is 0 Å². The molecule has 0 aliphatic carbocycles. The molecule has 9 nitrogen and oxygen atoms in total. The minimum atomic E-state index is -0.516. The molecule has 2 aromatic carbocycles. The van der Waals surface area contributed by atoms with Gasteiger partial charge in [0.2, 0.25) is 5.91 Å². The van der Waals surface area contributed by atoms with E-state index in [-0.39, 0.29) is 17.3 Å². The summed E-state index contributed by atoms with van der Waals surface area (Å²) >= 11 is 0. The summed E-state index contributed by atoms with van der Waals surface area (Å²) in [6, 6.07) is 9.32. The number of ether oxygens (including phenoxy) is 3. The molecule has 2 aromatic rings. The normalized spacial score (nSPS) is 13.7. The Bertz CT molecular complexity index is 917. The van der Waals surface area contributed by atoms with Crippen molar-refractivity contribution in [1.29, 1.82) is 0 Å². The molecule has 1 aliphatic heterocycles. The van der Waals surface area contributed by atoms with Crippen molar-refractivity contribution in [2.24, 2.45) is 0 Å². The summed E-state index contributed by atoms with van der Waals surface area (Å²) in [4.78, 5) is 25.0. The summed E-state index contributed by atoms with van der Waals surface area (Å²) in [5, 5.41) is 13.7. The number of amides is 1. The van der Waals surface area contributed by atoms with Crippen LogP contribution in [-0.2, 0) is 11.3 Å². The number of anilines is 1. The smallest absolute Gasteiger partial charge is 0.273 e. The van der Waals surface area contributed by atoms with Crippen LogP contribution in [-0.4, -0.2) is 49.1 Å². The van der Waals surface area contributed by atoms with Crippen LogP contribution >= 0.6 is 0 Å². The van der Waals surface area contributed by atoms with Crippen molar-refractivity contribution in [3.05, 3.63) is 52.1 Å². The van der Waals surface area contributed by atoms with Crippen LogP contribution in [0.4, 0.5) is 11.4 Å². The predicted molar refractivity (Wildman–Crippen MR) is 107 cm³/mol. The van der Waals surface area contributed by atoms with Crippen molar-refractivity contribution < 1.29 is 23.9 Å². The van der Waals surface area contributed by atoms with Crippen molar-refractivity contribution in [2.75, 3.05) is 32.7 Å². The molecule has 0 bridgehead atoms. The van der Waals surface area contributed by atoms with Gasteiger partial charge in [-0.15, -0.1) is 0 Å². The van der Waals surface area contributed by atoms with E-state index in [9.17, 15) is 14.9 Å². The van der Waals surface area contributed by atoms with E-state index in [0.29, 0.717) is 31.2 Å². The van der Waals surface area contributed by atoms with E-state index in [1.165, 1.54) is 25.3 Å². The van der Waals surface area contributed by atoms with E-state index in [2.05, 4.69) is 5.32 Å². The zero-order valence-corrected chi connectivity index (χ0v) is 16.5. The first kappa shape index (κ1) is 20.4. The number of nitrogens with one attached hydrogen (secondary N) is 1. The molecule has 9 heteroatoms. The topological polar surface area (TPSA) is 103 Å². The molecule has 0 spiro atoms. The summed E-state index contributed by atoms with van der Waals surface area (Å²) in [5.74, 6) is 1.40. The van der Waals surface area contributed by atoms with Gasteiger partial charge in [0.15, 0.2) is 11.5 Å². The average Bonchev–Trinajstić information content (AvgIpc) is 2.73. The summed E-state index contributed by atoms with van der Waals surface area (Å²) in [6.07, 6.45) is 0. The molecule has 1 amide bonds. The molecular formula is C20H23N3O6. The Kier molecular flexibility index (Phi) is 6.18. The molecule has 0 saturated heterocycles. The summed E-state index contributed by atoms with van der Waals surface area (Å²) in [6.45, 7) is 3.37. The number of methoxy groups -OCH3 is 1. The number of likely N-dealkylation sites (N-methyl/N-ethyl adjacent to an activating group) is 1. The number of hydrogen-bond donors (Lipinski definition) is 1. The number of nitrogens with zero attached hydrogens (tertiary/aromatic N) is 2. The molecule has 0 unspecified atom stereocenters. The molecular weight excluding hydrogens is 378 g/mol. The average molecular weight is 401 g/mol. The lowest BCUT2D eigenvalue weighted by molar-refractivity contribution is -0.384. The molecule has 0 radical (unpaired) electrons. The van der Waals surface area contributed by atoms with Crippen LogP contribution in [0.1, 0.15) is 12.5 Å². The fourth-order valence-corrected chi connectivity index (χ4v) is 2.95. The van der Waals surface area contributed by atoms with Gasteiger partial charge in [-0.3, -0.25) is 19.8 Å². The molecule has 1 N–H and O–H groups in total. The first-order valence-corrected chi connectivity index (χ1v) is 9.11. The molecule has 1 atom stereocenters. The van der Waals surface area contributed by atoms with E-state index in [0.717, 1.165) is 11.3 Å². The highest BCUT2D eigenvalue weighted by Crippen LogP contribution is 2.31. The first-order chi connectivity index (χ1) is 13.9. The van der Waals surface area contributed by atoms with Crippen LogP contribution in [0.15, 0.2) is 36.4 Å². The predicted octanol–water partition coefficient (Wildman–Crippen LogP) is 2.83. The van der Waals surface area contributed by atoms with Gasteiger partial charge in [0.1, 0.15) is 19.0 Å². The Hall–Kier alpha value is -3.33. The van der Waals surface area contributed by atoms with Gasteiger partial charge in [-0.2, -0.15) is 0 Å². The Morgan fingerprint density at radius 3 is 2.66 bits per heavy atom. The number of benzene rings is 2. The zero-order chi connectivity index (χ0) is 21.0. The number of nitro benzene ring substituents is 1. The minimum Gasteiger partial charge on any atom is -0.494 e. The molecule has 0 aromatic heterocycles. The van der Waals surface area contributed by atoms with Crippen LogP contribution in [0.2, 0.25) is 0 Å². The molecule has 3 rings (SSSR count). The Labute approximate surface area is 168 Å². The van der Waals surface area contributed by atoms with Crippen LogP contribution in [0.3, 0.4) is 0 Å². The van der Waals surface area contributed by atoms with Crippen molar-refractivity contribution in [1.82, 2.24) is 4.90 Å². The largest absolute Gasteiger partial charge is 0.494 e. The molecule has 29 heavy (non-hydrogen) atoms. The molecule has 1 heterocycles. The quantitative estimate of drug-likeness (QED) is 0.562. The van der Waals surface area contributed by atoms with Crippen molar-refractivity contribution >= 4 is 17.3 Å². The highest BCUT2D eigenvalue weighted by atomic mass is 16.6. The molecule has 0 fully saturated rings. The standard InChI is InChI=1S/C20H23N3O6/c1-13(20(24)21-16-6-5-15(23(25)26)11-18(16)27-3)22(2)12-14-4-7-17-19(10-14)29-9-8-28-17/h4-7,10-11,13H,8-9,12H2,1-3H3,(H,21,24)/t13-/m1/s1. The van der Waals surface area contributed by atoms with E-state index in [4.69, 9.17) is 14.2 Å². The van der Waals surface area contributed by atoms with Gasteiger partial charge >= 0.3 is 0 Å². The second kappa shape index (κ2) is 8.78. The fourth-order valence-electron chi connectivity index (χ4n) is 2.95. The van der Waals surface area contributed by atoms with Gasteiger partial charge in [-0.25, -0.2) is 0 Å². The fraction of sp³-hybridized carbons (Fsp3) is 0.350. The number of carbonyl (C=O) groups is 1. The molecule has 0 saturated carbocycles. The summed E-state index contributed by atoms with van der Waals surface area (Å²) < 4.78 is 16.3. The van der Waals surface area contributed by atoms with Gasteiger partial charge < -0.3 is 19.5 Å². The Morgan fingerprint density at radius 2 is 1.97 bits per heavy atom. The second-order valence-corrected chi connectivity index (χ2v) is 6.70. The van der Waals surface area contributed by atoms with E-state index >= 15 is 0 Å². The van der Waals surface area contributed by atoms with Gasteiger partial charge in [0.25, 0.3) is 5.69 Å². The van der Waals surface area contributed by atoms with Crippen molar-refractivity contribution in [2.45, 2.75) is 19.5 Å². The highest BCUT2D eigenvalue weighted by Gasteiger charge is 2.21. The molecule has 154 valence electrons. The third-order valence-corrected chi connectivity index (χ3v) is 4.73. The van der Waals surface area contributed by atoms with Crippen molar-refractivity contribution in [3.8, 4) is 17.2 Å². The van der Waals surface area contributed by atoms with Crippen LogP contribution < -0.4 is 19.5 Å². The van der Waals surface area contributed by atoms with Gasteiger partial charge in [0.05, 0.1) is 29.8 Å². The third-order valence-electron chi connectivity index (χ3n) is 4.73. The number of non-ortho nitro benzene ring substituents is 1. The van der Waals surface area contributed by atoms with Gasteiger partial charge in [-0.1, -0.05) is 6.07 Å². The maximum absolute atomic E-state index is 12.7. The Balaban J connectivity index is 1.66. The number of rotatable bonds is 7. The zero-order valence-electron chi connectivity index (χ0n) is 16.5. The summed E-state index contributed by atoms with van der Waals surface area (Å²) in [5.41, 5.74) is 1.26.